The molecule has 4 rings (SSSR count). The van der Waals surface area contributed by atoms with Crippen molar-refractivity contribution in [2.75, 3.05) is 19.0 Å². The SMILES string of the molecule is CN(C)c1ncc(-c2ccccn2)c(CN(Cc2ccccc2)C(=O)CCc2ccco2)n1. The van der Waals surface area contributed by atoms with E-state index < -0.39 is 0 Å². The van der Waals surface area contributed by atoms with E-state index in [1.165, 1.54) is 0 Å². The highest BCUT2D eigenvalue weighted by Crippen LogP contribution is 2.24. The van der Waals surface area contributed by atoms with Crippen molar-refractivity contribution in [2.45, 2.75) is 25.9 Å². The van der Waals surface area contributed by atoms with Crippen LogP contribution in [0.15, 0.2) is 83.7 Å². The monoisotopic (exact) mass is 441 g/mol. The third-order valence-electron chi connectivity index (χ3n) is 5.27. The molecule has 0 aliphatic heterocycles. The predicted octanol–water partition coefficient (Wildman–Crippen LogP) is 4.36. The molecule has 7 heteroatoms. The van der Waals surface area contributed by atoms with Crippen molar-refractivity contribution < 1.29 is 9.21 Å². The molecule has 0 bridgehead atoms. The summed E-state index contributed by atoms with van der Waals surface area (Å²) >= 11 is 0. The van der Waals surface area contributed by atoms with Gasteiger partial charge in [0.15, 0.2) is 0 Å². The number of rotatable bonds is 9. The van der Waals surface area contributed by atoms with Gasteiger partial charge in [-0.1, -0.05) is 36.4 Å². The smallest absolute Gasteiger partial charge is 0.225 e. The van der Waals surface area contributed by atoms with Crippen LogP contribution in [-0.4, -0.2) is 39.9 Å². The molecule has 0 N–H and O–H groups in total. The highest BCUT2D eigenvalue weighted by molar-refractivity contribution is 5.76. The molecule has 3 heterocycles. The number of nitrogens with zero attached hydrogens (tertiary/aromatic N) is 5. The van der Waals surface area contributed by atoms with Gasteiger partial charge in [0.25, 0.3) is 0 Å². The largest absolute Gasteiger partial charge is 0.469 e. The first-order valence-corrected chi connectivity index (χ1v) is 10.9. The van der Waals surface area contributed by atoms with Crippen LogP contribution in [-0.2, 0) is 24.3 Å². The number of furan rings is 1. The highest BCUT2D eigenvalue weighted by Gasteiger charge is 2.20. The molecule has 0 spiro atoms. The van der Waals surface area contributed by atoms with Crippen molar-refractivity contribution in [2.24, 2.45) is 0 Å². The van der Waals surface area contributed by atoms with Crippen molar-refractivity contribution in [1.82, 2.24) is 19.9 Å². The molecule has 0 saturated carbocycles. The molecular formula is C26H27N5O2. The summed E-state index contributed by atoms with van der Waals surface area (Å²) < 4.78 is 5.41. The Morgan fingerprint density at radius 1 is 0.939 bits per heavy atom. The van der Waals surface area contributed by atoms with Crippen LogP contribution in [0.4, 0.5) is 5.95 Å². The summed E-state index contributed by atoms with van der Waals surface area (Å²) in [5.74, 6) is 1.42. The lowest BCUT2D eigenvalue weighted by Crippen LogP contribution is -2.31. The van der Waals surface area contributed by atoms with Gasteiger partial charge in [-0.2, -0.15) is 0 Å². The minimum absolute atomic E-state index is 0.0345. The lowest BCUT2D eigenvalue weighted by molar-refractivity contribution is -0.132. The zero-order valence-corrected chi connectivity index (χ0v) is 18.9. The third kappa shape index (κ3) is 5.83. The van der Waals surface area contributed by atoms with Gasteiger partial charge in [0.05, 0.1) is 24.2 Å². The molecular weight excluding hydrogens is 414 g/mol. The highest BCUT2D eigenvalue weighted by atomic mass is 16.3. The number of hydrogen-bond donors (Lipinski definition) is 0. The molecule has 3 aromatic heterocycles. The number of carbonyl (C=O) groups excluding carboxylic acids is 1. The minimum atomic E-state index is 0.0345. The molecule has 0 aliphatic rings. The van der Waals surface area contributed by atoms with Gasteiger partial charge in [-0.3, -0.25) is 9.78 Å². The lowest BCUT2D eigenvalue weighted by Gasteiger charge is -2.24. The fourth-order valence-electron chi connectivity index (χ4n) is 3.54. The second-order valence-electron chi connectivity index (χ2n) is 7.95. The Labute approximate surface area is 193 Å². The van der Waals surface area contributed by atoms with Crippen LogP contribution in [0.5, 0.6) is 0 Å². The van der Waals surface area contributed by atoms with Crippen molar-refractivity contribution in [3.05, 3.63) is 96.3 Å². The van der Waals surface area contributed by atoms with Gasteiger partial charge in [0.1, 0.15) is 5.76 Å². The van der Waals surface area contributed by atoms with E-state index >= 15 is 0 Å². The normalized spacial score (nSPS) is 10.7. The van der Waals surface area contributed by atoms with Gasteiger partial charge in [-0.15, -0.1) is 0 Å². The number of anilines is 1. The molecule has 0 fully saturated rings. The van der Waals surface area contributed by atoms with Crippen LogP contribution >= 0.6 is 0 Å². The van der Waals surface area contributed by atoms with E-state index in [1.54, 1.807) is 18.7 Å². The summed E-state index contributed by atoms with van der Waals surface area (Å²) in [6, 6.07) is 19.4. The number of aromatic nitrogens is 3. The summed E-state index contributed by atoms with van der Waals surface area (Å²) in [4.78, 5) is 30.8. The average Bonchev–Trinajstić information content (AvgIpc) is 3.37. The predicted molar refractivity (Wildman–Crippen MR) is 127 cm³/mol. The first kappa shape index (κ1) is 22.2. The molecule has 33 heavy (non-hydrogen) atoms. The van der Waals surface area contributed by atoms with E-state index in [1.807, 2.05) is 84.6 Å². The van der Waals surface area contributed by atoms with Crippen molar-refractivity contribution in [1.29, 1.82) is 0 Å². The Morgan fingerprint density at radius 2 is 1.76 bits per heavy atom. The first-order valence-electron chi connectivity index (χ1n) is 10.9. The summed E-state index contributed by atoms with van der Waals surface area (Å²) in [5, 5.41) is 0. The third-order valence-corrected chi connectivity index (χ3v) is 5.27. The maximum atomic E-state index is 13.3. The molecule has 1 aromatic carbocycles. The van der Waals surface area contributed by atoms with Gasteiger partial charge in [-0.25, -0.2) is 9.97 Å². The maximum absolute atomic E-state index is 13.3. The van der Waals surface area contributed by atoms with E-state index in [0.29, 0.717) is 31.9 Å². The second kappa shape index (κ2) is 10.5. The number of hydrogen-bond acceptors (Lipinski definition) is 6. The van der Waals surface area contributed by atoms with Gasteiger partial charge < -0.3 is 14.2 Å². The van der Waals surface area contributed by atoms with Crippen LogP contribution in [0.3, 0.4) is 0 Å². The van der Waals surface area contributed by atoms with E-state index in [9.17, 15) is 4.79 Å². The number of pyridine rings is 1. The number of carbonyl (C=O) groups is 1. The van der Waals surface area contributed by atoms with E-state index in [4.69, 9.17) is 9.40 Å². The zero-order valence-electron chi connectivity index (χ0n) is 18.9. The summed E-state index contributed by atoms with van der Waals surface area (Å²) in [6.45, 7) is 0.835. The fraction of sp³-hybridized carbons (Fsp3) is 0.231. The average molecular weight is 442 g/mol. The van der Waals surface area contributed by atoms with Gasteiger partial charge >= 0.3 is 0 Å². The van der Waals surface area contributed by atoms with Crippen LogP contribution in [0.1, 0.15) is 23.4 Å². The molecule has 0 unspecified atom stereocenters. The molecule has 7 nitrogen and oxygen atoms in total. The van der Waals surface area contributed by atoms with Crippen LogP contribution in [0.2, 0.25) is 0 Å². The summed E-state index contributed by atoms with van der Waals surface area (Å²) in [7, 11) is 3.80. The van der Waals surface area contributed by atoms with Crippen molar-refractivity contribution in [3.63, 3.8) is 0 Å². The van der Waals surface area contributed by atoms with Crippen LogP contribution in [0, 0.1) is 0 Å². The topological polar surface area (TPSA) is 75.4 Å². The van der Waals surface area contributed by atoms with Gasteiger partial charge in [-0.05, 0) is 29.8 Å². The Bertz CT molecular complexity index is 1160. The van der Waals surface area contributed by atoms with Gasteiger partial charge in [0.2, 0.25) is 11.9 Å². The lowest BCUT2D eigenvalue weighted by atomic mass is 10.1. The second-order valence-corrected chi connectivity index (χ2v) is 7.95. The summed E-state index contributed by atoms with van der Waals surface area (Å²) in [6.07, 6.45) is 6.06. The van der Waals surface area contributed by atoms with Crippen molar-refractivity contribution in [3.8, 4) is 11.3 Å². The molecule has 0 aliphatic carbocycles. The maximum Gasteiger partial charge on any atom is 0.225 e. The molecule has 4 aromatic rings. The fourth-order valence-corrected chi connectivity index (χ4v) is 3.54. The standard InChI is InChI=1S/C26H27N5O2/c1-30(2)26-28-17-22(23-12-6-7-15-27-23)24(29-26)19-31(18-20-9-4-3-5-10-20)25(32)14-13-21-11-8-16-33-21/h3-12,15-17H,13-14,18-19H2,1-2H3. The van der Waals surface area contributed by atoms with Crippen LogP contribution in [0.25, 0.3) is 11.3 Å². The van der Waals surface area contributed by atoms with E-state index in [2.05, 4.69) is 9.97 Å². The zero-order chi connectivity index (χ0) is 23.0. The summed E-state index contributed by atoms with van der Waals surface area (Å²) in [5.41, 5.74) is 3.42. The number of benzene rings is 1. The Kier molecular flexibility index (Phi) is 7.09. The molecule has 0 saturated heterocycles. The first-order chi connectivity index (χ1) is 16.1. The van der Waals surface area contributed by atoms with Crippen LogP contribution < -0.4 is 4.90 Å². The molecule has 1 amide bonds. The number of amides is 1. The Morgan fingerprint density at radius 3 is 2.45 bits per heavy atom. The number of aryl methyl sites for hydroxylation is 1. The molecule has 0 radical (unpaired) electrons. The molecule has 0 atom stereocenters. The minimum Gasteiger partial charge on any atom is -0.469 e. The van der Waals surface area contributed by atoms with E-state index in [-0.39, 0.29) is 5.91 Å². The van der Waals surface area contributed by atoms with Crippen molar-refractivity contribution >= 4 is 11.9 Å². The Hall–Kier alpha value is -4.00. The quantitative estimate of drug-likeness (QED) is 0.384. The van der Waals surface area contributed by atoms with E-state index in [0.717, 1.165) is 28.3 Å². The molecule has 168 valence electrons. The van der Waals surface area contributed by atoms with Gasteiger partial charge in [0, 0.05) is 51.4 Å². The Balaban J connectivity index is 1.65.